The number of pyridine rings is 1. The van der Waals surface area contributed by atoms with E-state index in [1.807, 2.05) is 18.2 Å². The van der Waals surface area contributed by atoms with Crippen LogP contribution in [0.2, 0.25) is 0 Å². The Morgan fingerprint density at radius 3 is 2.50 bits per heavy atom. The molecule has 0 saturated carbocycles. The number of hydrogen-bond donors (Lipinski definition) is 0. The largest absolute Gasteiger partial charge is 1.00 e. The third-order valence-corrected chi connectivity index (χ3v) is 1.56. The van der Waals surface area contributed by atoms with Crippen LogP contribution in [0.5, 0.6) is 0 Å². The van der Waals surface area contributed by atoms with Crippen molar-refractivity contribution in [3.63, 3.8) is 0 Å². The van der Waals surface area contributed by atoms with Gasteiger partial charge in [-0.3, -0.25) is 4.98 Å². The summed E-state index contributed by atoms with van der Waals surface area (Å²) in [5.41, 5.74) is 1.08. The first-order valence-electron chi connectivity index (χ1n) is 2.85. The van der Waals surface area contributed by atoms with Gasteiger partial charge in [0.05, 0.1) is 10.5 Å². The summed E-state index contributed by atoms with van der Waals surface area (Å²) in [7, 11) is 0. The average molecular weight is 266 g/mol. The first-order valence-corrected chi connectivity index (χ1v) is 3.77. The predicted molar refractivity (Wildman–Crippen MR) is 41.6 cm³/mol. The van der Waals surface area contributed by atoms with Crippen LogP contribution in [0.1, 0.15) is 17.4 Å². The molecule has 0 spiro atoms. The SMILES string of the molecule is CC(Br)c1ccccn1.[Br-]. The molecule has 10 heavy (non-hydrogen) atoms. The fourth-order valence-electron chi connectivity index (χ4n) is 0.611. The lowest BCUT2D eigenvalue weighted by molar-refractivity contribution is -0.00000185. The van der Waals surface area contributed by atoms with E-state index in [4.69, 9.17) is 0 Å². The minimum Gasteiger partial charge on any atom is -1.00 e. The minimum atomic E-state index is 0. The van der Waals surface area contributed by atoms with Gasteiger partial charge >= 0.3 is 0 Å². The Kier molecular flexibility index (Phi) is 4.91. The molecule has 1 nitrogen and oxygen atoms in total. The van der Waals surface area contributed by atoms with E-state index < -0.39 is 0 Å². The number of nitrogens with zero attached hydrogens (tertiary/aromatic N) is 1. The van der Waals surface area contributed by atoms with Gasteiger partial charge in [0, 0.05) is 6.20 Å². The highest BCUT2D eigenvalue weighted by atomic mass is 79.9. The smallest absolute Gasteiger partial charge is 0.0539 e. The predicted octanol–water partition coefficient (Wildman–Crippen LogP) is -0.459. The molecule has 0 fully saturated rings. The molecule has 1 aromatic heterocycles. The number of aromatic nitrogens is 1. The third kappa shape index (κ3) is 2.80. The van der Waals surface area contributed by atoms with E-state index in [1.54, 1.807) is 6.20 Å². The molecule has 0 aromatic carbocycles. The van der Waals surface area contributed by atoms with Gasteiger partial charge in [-0.1, -0.05) is 22.0 Å². The van der Waals surface area contributed by atoms with Crippen LogP contribution in [0, 0.1) is 0 Å². The molecule has 0 amide bonds. The Bertz CT molecular complexity index is 174. The third-order valence-electron chi connectivity index (χ3n) is 1.10. The summed E-state index contributed by atoms with van der Waals surface area (Å²) in [6, 6.07) is 5.90. The van der Waals surface area contributed by atoms with Crippen molar-refractivity contribution in [1.29, 1.82) is 0 Å². The maximum Gasteiger partial charge on any atom is 0.0539 e. The van der Waals surface area contributed by atoms with Gasteiger partial charge in [0.15, 0.2) is 0 Å². The summed E-state index contributed by atoms with van der Waals surface area (Å²) in [4.78, 5) is 4.49. The molecule has 0 bridgehead atoms. The maximum atomic E-state index is 4.13. The Hall–Kier alpha value is 0.110. The van der Waals surface area contributed by atoms with Crippen molar-refractivity contribution in [3.8, 4) is 0 Å². The first-order chi connectivity index (χ1) is 4.30. The Labute approximate surface area is 79.8 Å². The van der Waals surface area contributed by atoms with Crippen LogP contribution in [0.3, 0.4) is 0 Å². The second-order valence-electron chi connectivity index (χ2n) is 1.87. The summed E-state index contributed by atoms with van der Waals surface area (Å²) < 4.78 is 0. The lowest BCUT2D eigenvalue weighted by Crippen LogP contribution is -3.00. The molecule has 0 aliphatic heterocycles. The van der Waals surface area contributed by atoms with Gasteiger partial charge in [0.1, 0.15) is 0 Å². The van der Waals surface area contributed by atoms with Gasteiger partial charge in [-0.15, -0.1) is 0 Å². The van der Waals surface area contributed by atoms with Crippen LogP contribution in [0.25, 0.3) is 0 Å². The molecule has 0 aliphatic rings. The zero-order chi connectivity index (χ0) is 6.69. The van der Waals surface area contributed by atoms with E-state index in [0.717, 1.165) is 5.69 Å². The molecule has 0 N–H and O–H groups in total. The standard InChI is InChI=1S/C7H8BrN.BrH/c1-6(8)7-4-2-3-5-9-7;/h2-6H,1H3;1H/p-1. The van der Waals surface area contributed by atoms with E-state index in [9.17, 15) is 0 Å². The van der Waals surface area contributed by atoms with Gasteiger partial charge in [0.25, 0.3) is 0 Å². The molecule has 1 atom stereocenters. The molecular weight excluding hydrogens is 258 g/mol. The summed E-state index contributed by atoms with van der Waals surface area (Å²) in [6.45, 7) is 2.06. The van der Waals surface area contributed by atoms with Crippen LogP contribution < -0.4 is 17.0 Å². The van der Waals surface area contributed by atoms with Crippen LogP contribution >= 0.6 is 15.9 Å². The van der Waals surface area contributed by atoms with E-state index in [2.05, 4.69) is 27.8 Å². The Balaban J connectivity index is 0.000000810. The van der Waals surface area contributed by atoms with Crippen LogP contribution in [0.15, 0.2) is 24.4 Å². The normalized spacial score (nSPS) is 11.8. The monoisotopic (exact) mass is 264 g/mol. The highest BCUT2D eigenvalue weighted by Crippen LogP contribution is 2.17. The van der Waals surface area contributed by atoms with E-state index in [1.165, 1.54) is 0 Å². The molecule has 1 aromatic rings. The average Bonchev–Trinajstić information content (AvgIpc) is 1.90. The maximum absolute atomic E-state index is 4.13. The molecule has 1 heterocycles. The lowest BCUT2D eigenvalue weighted by Gasteiger charge is -1.98. The van der Waals surface area contributed by atoms with Crippen molar-refractivity contribution < 1.29 is 17.0 Å². The van der Waals surface area contributed by atoms with E-state index in [-0.39, 0.29) is 17.0 Å². The van der Waals surface area contributed by atoms with Gasteiger partial charge < -0.3 is 17.0 Å². The van der Waals surface area contributed by atoms with Crippen molar-refractivity contribution in [1.82, 2.24) is 4.98 Å². The van der Waals surface area contributed by atoms with Crippen molar-refractivity contribution in [2.24, 2.45) is 0 Å². The van der Waals surface area contributed by atoms with Gasteiger partial charge in [-0.2, -0.15) is 0 Å². The lowest BCUT2D eigenvalue weighted by atomic mass is 10.3. The van der Waals surface area contributed by atoms with Crippen molar-refractivity contribution in [2.45, 2.75) is 11.8 Å². The number of hydrogen-bond acceptors (Lipinski definition) is 1. The van der Waals surface area contributed by atoms with Crippen molar-refractivity contribution in [2.75, 3.05) is 0 Å². The second-order valence-corrected chi connectivity index (χ2v) is 3.24. The topological polar surface area (TPSA) is 12.9 Å². The number of rotatable bonds is 1. The molecule has 0 aliphatic carbocycles. The van der Waals surface area contributed by atoms with Gasteiger partial charge in [-0.25, -0.2) is 0 Å². The molecule has 1 rings (SSSR count). The zero-order valence-electron chi connectivity index (χ0n) is 5.59. The zero-order valence-corrected chi connectivity index (χ0v) is 8.76. The Morgan fingerprint density at radius 2 is 2.20 bits per heavy atom. The van der Waals surface area contributed by atoms with Gasteiger partial charge in [0.2, 0.25) is 0 Å². The highest BCUT2D eigenvalue weighted by molar-refractivity contribution is 9.09. The molecule has 0 saturated heterocycles. The second kappa shape index (κ2) is 4.85. The summed E-state index contributed by atoms with van der Waals surface area (Å²) in [5, 5.41) is 0. The van der Waals surface area contributed by atoms with E-state index in [0.29, 0.717) is 4.83 Å². The fourth-order valence-corrected chi connectivity index (χ4v) is 0.882. The quantitative estimate of drug-likeness (QED) is 0.627. The van der Waals surface area contributed by atoms with Crippen LogP contribution in [-0.4, -0.2) is 4.98 Å². The number of alkyl halides is 1. The fraction of sp³-hybridized carbons (Fsp3) is 0.286. The summed E-state index contributed by atoms with van der Waals surface area (Å²) in [6.07, 6.45) is 1.80. The molecule has 3 heteroatoms. The molecule has 0 radical (unpaired) electrons. The summed E-state index contributed by atoms with van der Waals surface area (Å²) >= 11 is 3.42. The minimum absolute atomic E-state index is 0. The summed E-state index contributed by atoms with van der Waals surface area (Å²) in [5.74, 6) is 0. The van der Waals surface area contributed by atoms with Crippen LogP contribution in [0.4, 0.5) is 0 Å². The molecule has 56 valence electrons. The molecule has 1 unspecified atom stereocenters. The van der Waals surface area contributed by atoms with Crippen molar-refractivity contribution >= 4 is 15.9 Å². The van der Waals surface area contributed by atoms with Gasteiger partial charge in [-0.05, 0) is 19.1 Å². The highest BCUT2D eigenvalue weighted by Gasteiger charge is 1.97. The number of halogens is 2. The van der Waals surface area contributed by atoms with Crippen molar-refractivity contribution in [3.05, 3.63) is 30.1 Å². The van der Waals surface area contributed by atoms with Crippen LogP contribution in [-0.2, 0) is 0 Å². The first kappa shape index (κ1) is 10.1. The van der Waals surface area contributed by atoms with E-state index >= 15 is 0 Å². The molecular formula is C7H8Br2N-. The Morgan fingerprint density at radius 1 is 1.50 bits per heavy atom.